The van der Waals surface area contributed by atoms with E-state index in [9.17, 15) is 4.79 Å². The molecule has 5 nitrogen and oxygen atoms in total. The lowest BCUT2D eigenvalue weighted by Crippen LogP contribution is -2.29. The summed E-state index contributed by atoms with van der Waals surface area (Å²) in [5.74, 6) is 1.98. The molecule has 4 rings (SSSR count). The zero-order valence-corrected chi connectivity index (χ0v) is 11.6. The molecule has 1 atom stereocenters. The van der Waals surface area contributed by atoms with Crippen LogP contribution in [-0.2, 0) is 12.8 Å². The molecule has 2 aromatic rings. The van der Waals surface area contributed by atoms with Crippen molar-refractivity contribution in [1.82, 2.24) is 9.97 Å². The summed E-state index contributed by atoms with van der Waals surface area (Å²) in [6, 6.07) is 7.53. The SMILES string of the molecule is O=c1[nH]c(C2COc3ccccc3O2)nc2c1CCCC2. The van der Waals surface area contributed by atoms with E-state index in [1.54, 1.807) is 0 Å². The number of rotatable bonds is 1. The molecule has 0 spiro atoms. The summed E-state index contributed by atoms with van der Waals surface area (Å²) in [6.07, 6.45) is 3.49. The number of fused-ring (bicyclic) bond motifs is 2. The minimum atomic E-state index is -0.361. The summed E-state index contributed by atoms with van der Waals surface area (Å²) in [5, 5.41) is 0. The van der Waals surface area contributed by atoms with Crippen LogP contribution in [0.5, 0.6) is 11.5 Å². The summed E-state index contributed by atoms with van der Waals surface area (Å²) in [6.45, 7) is 0.360. The van der Waals surface area contributed by atoms with Gasteiger partial charge in [-0.05, 0) is 37.8 Å². The van der Waals surface area contributed by atoms with Crippen molar-refractivity contribution in [3.05, 3.63) is 51.7 Å². The van der Waals surface area contributed by atoms with Crippen molar-refractivity contribution in [2.45, 2.75) is 31.8 Å². The summed E-state index contributed by atoms with van der Waals surface area (Å²) >= 11 is 0. The van der Waals surface area contributed by atoms with Crippen molar-refractivity contribution >= 4 is 0 Å². The Morgan fingerprint density at radius 2 is 1.95 bits per heavy atom. The fourth-order valence-corrected chi connectivity index (χ4v) is 2.93. The van der Waals surface area contributed by atoms with Gasteiger partial charge in [-0.15, -0.1) is 0 Å². The molecule has 2 heterocycles. The maximum absolute atomic E-state index is 12.2. The van der Waals surface area contributed by atoms with Gasteiger partial charge in [-0.25, -0.2) is 4.98 Å². The van der Waals surface area contributed by atoms with Gasteiger partial charge in [-0.1, -0.05) is 12.1 Å². The number of hydrogen-bond donors (Lipinski definition) is 1. The first kappa shape index (κ1) is 12.4. The van der Waals surface area contributed by atoms with Gasteiger partial charge >= 0.3 is 0 Å². The number of para-hydroxylation sites is 2. The fraction of sp³-hybridized carbons (Fsp3) is 0.375. The molecule has 0 saturated heterocycles. The van der Waals surface area contributed by atoms with E-state index in [0.717, 1.165) is 42.7 Å². The van der Waals surface area contributed by atoms with E-state index in [2.05, 4.69) is 9.97 Å². The second-order valence-electron chi connectivity index (χ2n) is 5.45. The van der Waals surface area contributed by atoms with Crippen LogP contribution in [0.2, 0.25) is 0 Å². The maximum atomic E-state index is 12.2. The molecule has 1 aliphatic heterocycles. The maximum Gasteiger partial charge on any atom is 0.254 e. The van der Waals surface area contributed by atoms with Gasteiger partial charge in [0.15, 0.2) is 23.4 Å². The van der Waals surface area contributed by atoms with Gasteiger partial charge in [-0.2, -0.15) is 0 Å². The Morgan fingerprint density at radius 3 is 2.86 bits per heavy atom. The second-order valence-corrected chi connectivity index (χ2v) is 5.45. The molecule has 0 bridgehead atoms. The molecule has 1 aromatic heterocycles. The van der Waals surface area contributed by atoms with Crippen LogP contribution < -0.4 is 15.0 Å². The van der Waals surface area contributed by atoms with Crippen molar-refractivity contribution in [2.24, 2.45) is 0 Å². The predicted octanol–water partition coefficient (Wildman–Crippen LogP) is 2.16. The van der Waals surface area contributed by atoms with Crippen LogP contribution in [-0.4, -0.2) is 16.6 Å². The van der Waals surface area contributed by atoms with Crippen LogP contribution in [0.4, 0.5) is 0 Å². The van der Waals surface area contributed by atoms with E-state index in [1.165, 1.54) is 0 Å². The highest BCUT2D eigenvalue weighted by molar-refractivity contribution is 5.41. The molecule has 0 amide bonds. The molecule has 21 heavy (non-hydrogen) atoms. The van der Waals surface area contributed by atoms with Crippen LogP contribution in [0.3, 0.4) is 0 Å². The second kappa shape index (κ2) is 4.91. The van der Waals surface area contributed by atoms with E-state index < -0.39 is 0 Å². The molecule has 1 aliphatic carbocycles. The van der Waals surface area contributed by atoms with E-state index in [1.807, 2.05) is 24.3 Å². The third-order valence-electron chi connectivity index (χ3n) is 4.02. The lowest BCUT2D eigenvalue weighted by atomic mass is 9.97. The standard InChI is InChI=1S/C16H16N2O3/c19-16-10-5-1-2-6-11(10)17-15(18-16)14-9-20-12-7-3-4-8-13(12)21-14/h3-4,7-8,14H,1-2,5-6,9H2,(H,17,18,19). The number of nitrogens with one attached hydrogen (secondary N) is 1. The van der Waals surface area contributed by atoms with E-state index in [-0.39, 0.29) is 11.7 Å². The third kappa shape index (κ3) is 2.18. The number of aromatic nitrogens is 2. The third-order valence-corrected chi connectivity index (χ3v) is 4.02. The van der Waals surface area contributed by atoms with Gasteiger partial charge in [0.25, 0.3) is 5.56 Å². The van der Waals surface area contributed by atoms with Crippen molar-refractivity contribution in [1.29, 1.82) is 0 Å². The number of H-pyrrole nitrogens is 1. The first-order valence-corrected chi connectivity index (χ1v) is 7.32. The number of nitrogens with zero attached hydrogens (tertiary/aromatic N) is 1. The van der Waals surface area contributed by atoms with Crippen molar-refractivity contribution in [3.8, 4) is 11.5 Å². The Morgan fingerprint density at radius 1 is 1.14 bits per heavy atom. The topological polar surface area (TPSA) is 64.2 Å². The van der Waals surface area contributed by atoms with Crippen molar-refractivity contribution in [3.63, 3.8) is 0 Å². The highest BCUT2D eigenvalue weighted by atomic mass is 16.6. The molecule has 0 radical (unpaired) electrons. The summed E-state index contributed by atoms with van der Waals surface area (Å²) in [7, 11) is 0. The molecular formula is C16H16N2O3. The van der Waals surface area contributed by atoms with Gasteiger partial charge in [0.1, 0.15) is 6.61 Å². The highest BCUT2D eigenvalue weighted by Gasteiger charge is 2.26. The largest absolute Gasteiger partial charge is 0.485 e. The zero-order chi connectivity index (χ0) is 14.2. The highest BCUT2D eigenvalue weighted by Crippen LogP contribution is 2.35. The summed E-state index contributed by atoms with van der Waals surface area (Å²) < 4.78 is 11.6. The van der Waals surface area contributed by atoms with Crippen LogP contribution >= 0.6 is 0 Å². The zero-order valence-electron chi connectivity index (χ0n) is 11.6. The molecule has 5 heteroatoms. The van der Waals surface area contributed by atoms with Crippen molar-refractivity contribution in [2.75, 3.05) is 6.61 Å². The van der Waals surface area contributed by atoms with Crippen LogP contribution in [0, 0.1) is 0 Å². The normalized spacial score (nSPS) is 19.9. The van der Waals surface area contributed by atoms with Gasteiger partial charge in [-0.3, -0.25) is 4.79 Å². The number of benzene rings is 1. The Hall–Kier alpha value is -2.30. The smallest absolute Gasteiger partial charge is 0.254 e. The lowest BCUT2D eigenvalue weighted by Gasteiger charge is -2.26. The average Bonchev–Trinajstić information content (AvgIpc) is 2.54. The summed E-state index contributed by atoms with van der Waals surface area (Å²) in [5.41, 5.74) is 1.72. The quantitative estimate of drug-likeness (QED) is 0.871. The molecule has 1 aromatic carbocycles. The number of ether oxygens (including phenoxy) is 2. The molecule has 108 valence electrons. The molecule has 2 aliphatic rings. The van der Waals surface area contributed by atoms with E-state index in [4.69, 9.17) is 9.47 Å². The number of aromatic amines is 1. The molecular weight excluding hydrogens is 268 g/mol. The van der Waals surface area contributed by atoms with E-state index in [0.29, 0.717) is 18.2 Å². The molecule has 0 saturated carbocycles. The number of hydrogen-bond acceptors (Lipinski definition) is 4. The molecule has 1 N–H and O–H groups in total. The number of aryl methyl sites for hydroxylation is 1. The summed E-state index contributed by atoms with van der Waals surface area (Å²) in [4.78, 5) is 19.7. The van der Waals surface area contributed by atoms with Crippen molar-refractivity contribution < 1.29 is 9.47 Å². The lowest BCUT2D eigenvalue weighted by molar-refractivity contribution is 0.0846. The van der Waals surface area contributed by atoms with Gasteiger partial charge in [0.05, 0.1) is 5.69 Å². The van der Waals surface area contributed by atoms with Gasteiger partial charge < -0.3 is 14.5 Å². The minimum absolute atomic E-state index is 0.0304. The van der Waals surface area contributed by atoms with Gasteiger partial charge in [0, 0.05) is 5.56 Å². The fourth-order valence-electron chi connectivity index (χ4n) is 2.93. The Balaban J connectivity index is 1.69. The molecule has 1 unspecified atom stereocenters. The monoisotopic (exact) mass is 284 g/mol. The Bertz CT molecular complexity index is 739. The first-order chi connectivity index (χ1) is 10.3. The van der Waals surface area contributed by atoms with E-state index >= 15 is 0 Å². The Labute approximate surface area is 121 Å². The van der Waals surface area contributed by atoms with Crippen LogP contribution in [0.25, 0.3) is 0 Å². The minimum Gasteiger partial charge on any atom is -0.485 e. The first-order valence-electron chi connectivity index (χ1n) is 7.32. The van der Waals surface area contributed by atoms with Crippen LogP contribution in [0.15, 0.2) is 29.1 Å². The van der Waals surface area contributed by atoms with Gasteiger partial charge in [0.2, 0.25) is 0 Å². The average molecular weight is 284 g/mol. The van der Waals surface area contributed by atoms with Crippen LogP contribution in [0.1, 0.15) is 36.0 Å². The molecule has 0 fully saturated rings. The predicted molar refractivity (Wildman–Crippen MR) is 76.8 cm³/mol. The Kier molecular flexibility index (Phi) is 2.91.